The van der Waals surface area contributed by atoms with Crippen LogP contribution in [0.15, 0.2) is 81.3 Å². The first-order valence-electron chi connectivity index (χ1n) is 9.33. The molecule has 1 aromatic carbocycles. The van der Waals surface area contributed by atoms with E-state index < -0.39 is 29.0 Å². The van der Waals surface area contributed by atoms with Crippen LogP contribution in [0.2, 0.25) is 0 Å². The van der Waals surface area contributed by atoms with Crippen LogP contribution in [0.4, 0.5) is 13.2 Å². The molecular weight excluding hydrogens is 461 g/mol. The number of rotatable bonds is 6. The van der Waals surface area contributed by atoms with E-state index in [9.17, 15) is 27.9 Å². The summed E-state index contributed by atoms with van der Waals surface area (Å²) in [5, 5.41) is 10.3. The largest absolute Gasteiger partial charge is 0.493 e. The molecule has 3 aromatic heterocycles. The third-order valence-corrected chi connectivity index (χ3v) is 5.37. The smallest absolute Gasteiger partial charge is 0.446 e. The molecule has 3 N–H and O–H groups in total. The van der Waals surface area contributed by atoms with E-state index in [4.69, 9.17) is 10.2 Å². The van der Waals surface area contributed by atoms with Crippen molar-refractivity contribution in [3.63, 3.8) is 0 Å². The summed E-state index contributed by atoms with van der Waals surface area (Å²) in [4.78, 5) is 29.3. The molecule has 12 heteroatoms. The molecule has 0 saturated carbocycles. The third-order valence-electron chi connectivity index (χ3n) is 4.63. The van der Waals surface area contributed by atoms with Gasteiger partial charge in [-0.2, -0.15) is 13.2 Å². The Hall–Kier alpha value is -3.77. The van der Waals surface area contributed by atoms with Gasteiger partial charge >= 0.3 is 11.2 Å². The maximum Gasteiger partial charge on any atom is 0.446 e. The van der Waals surface area contributed by atoms with Crippen LogP contribution in [0.1, 0.15) is 28.0 Å². The lowest BCUT2D eigenvalue weighted by Gasteiger charge is -2.13. The maximum absolute atomic E-state index is 12.9. The van der Waals surface area contributed by atoms with Gasteiger partial charge in [-0.3, -0.25) is 14.3 Å². The minimum Gasteiger partial charge on any atom is -0.493 e. The summed E-state index contributed by atoms with van der Waals surface area (Å²) in [7, 11) is 0. The number of furan rings is 1. The van der Waals surface area contributed by atoms with Crippen molar-refractivity contribution in [2.45, 2.75) is 16.6 Å². The van der Waals surface area contributed by atoms with E-state index in [1.54, 1.807) is 6.07 Å². The van der Waals surface area contributed by atoms with E-state index in [0.717, 1.165) is 15.3 Å². The summed E-state index contributed by atoms with van der Waals surface area (Å²) in [6.45, 7) is 0. The van der Waals surface area contributed by atoms with Crippen LogP contribution >= 0.6 is 11.8 Å². The second kappa shape index (κ2) is 8.64. The van der Waals surface area contributed by atoms with Crippen molar-refractivity contribution in [3.05, 3.63) is 94.7 Å². The van der Waals surface area contributed by atoms with Crippen LogP contribution < -0.4 is 11.4 Å². The number of imidazole rings is 1. The summed E-state index contributed by atoms with van der Waals surface area (Å²) >= 11 is -0.292. The van der Waals surface area contributed by atoms with Gasteiger partial charge in [0.1, 0.15) is 11.9 Å². The van der Waals surface area contributed by atoms with Crippen molar-refractivity contribution in [2.24, 2.45) is 5.73 Å². The molecule has 0 aliphatic heterocycles. The Bertz CT molecular complexity index is 1350. The number of benzene rings is 1. The number of alkyl halides is 3. The molecule has 0 aliphatic rings. The predicted molar refractivity (Wildman–Crippen MR) is 112 cm³/mol. The summed E-state index contributed by atoms with van der Waals surface area (Å²) in [6, 6.07) is 10.9. The van der Waals surface area contributed by atoms with Gasteiger partial charge in [0, 0.05) is 11.1 Å². The average molecular weight is 476 g/mol. The van der Waals surface area contributed by atoms with Crippen LogP contribution in [-0.4, -0.2) is 30.5 Å². The molecule has 0 amide bonds. The fourth-order valence-electron chi connectivity index (χ4n) is 3.14. The molecule has 0 saturated heterocycles. The summed E-state index contributed by atoms with van der Waals surface area (Å²) in [6.07, 6.45) is 2.71. The number of hydrogen-bond acceptors (Lipinski definition) is 7. The number of halogens is 3. The summed E-state index contributed by atoms with van der Waals surface area (Å²) in [5.41, 5.74) is 1.59. The van der Waals surface area contributed by atoms with Gasteiger partial charge in [-0.05, 0) is 65.9 Å². The van der Waals surface area contributed by atoms with Gasteiger partial charge in [0.2, 0.25) is 11.7 Å². The SMILES string of the molecule is NC(c1ccnc(C(=O)c2ccco2)c1)n1cc(O)n(-c2ccc(SC(F)(F)F)cc2)c1=O. The van der Waals surface area contributed by atoms with Gasteiger partial charge in [0.25, 0.3) is 0 Å². The van der Waals surface area contributed by atoms with Crippen molar-refractivity contribution >= 4 is 17.5 Å². The molecular formula is C21H15F3N4O4S. The third kappa shape index (κ3) is 4.71. The molecule has 4 aromatic rings. The van der Waals surface area contributed by atoms with Gasteiger partial charge in [-0.25, -0.2) is 9.36 Å². The Morgan fingerprint density at radius 1 is 1.18 bits per heavy atom. The van der Waals surface area contributed by atoms with E-state index in [1.165, 1.54) is 54.9 Å². The number of aromatic nitrogens is 3. The van der Waals surface area contributed by atoms with E-state index in [0.29, 0.717) is 5.56 Å². The molecule has 0 bridgehead atoms. The fraction of sp³-hybridized carbons (Fsp3) is 0.0952. The minimum absolute atomic E-state index is 0.0485. The quantitative estimate of drug-likeness (QED) is 0.322. The maximum atomic E-state index is 12.9. The number of nitrogens with two attached hydrogens (primary N) is 1. The zero-order valence-corrected chi connectivity index (χ0v) is 17.4. The molecule has 0 aliphatic carbocycles. The van der Waals surface area contributed by atoms with Gasteiger partial charge in [0.05, 0.1) is 18.1 Å². The van der Waals surface area contributed by atoms with Crippen molar-refractivity contribution in [2.75, 3.05) is 0 Å². The normalized spacial score (nSPS) is 12.6. The predicted octanol–water partition coefficient (Wildman–Crippen LogP) is 3.68. The van der Waals surface area contributed by atoms with Gasteiger partial charge in [0.15, 0.2) is 5.76 Å². The lowest BCUT2D eigenvalue weighted by atomic mass is 10.1. The molecule has 33 heavy (non-hydrogen) atoms. The minimum atomic E-state index is -4.45. The Labute approximate surface area is 188 Å². The lowest BCUT2D eigenvalue weighted by Crippen LogP contribution is -2.31. The fourth-order valence-corrected chi connectivity index (χ4v) is 3.68. The highest BCUT2D eigenvalue weighted by molar-refractivity contribution is 8.00. The zero-order valence-electron chi connectivity index (χ0n) is 16.6. The number of hydrogen-bond donors (Lipinski definition) is 2. The molecule has 0 fully saturated rings. The second-order valence-electron chi connectivity index (χ2n) is 6.78. The number of carbonyl (C=O) groups excluding carboxylic acids is 1. The number of carbonyl (C=O) groups is 1. The first-order valence-corrected chi connectivity index (χ1v) is 10.1. The van der Waals surface area contributed by atoms with Crippen molar-refractivity contribution in [1.82, 2.24) is 14.1 Å². The molecule has 1 unspecified atom stereocenters. The molecule has 3 heterocycles. The monoisotopic (exact) mass is 476 g/mol. The van der Waals surface area contributed by atoms with E-state index in [2.05, 4.69) is 4.98 Å². The highest BCUT2D eigenvalue weighted by Gasteiger charge is 2.29. The summed E-state index contributed by atoms with van der Waals surface area (Å²) < 4.78 is 44.6. The molecule has 170 valence electrons. The number of aromatic hydroxyl groups is 1. The van der Waals surface area contributed by atoms with Crippen LogP contribution in [0.3, 0.4) is 0 Å². The number of ketones is 1. The highest BCUT2D eigenvalue weighted by atomic mass is 32.2. The van der Waals surface area contributed by atoms with E-state index in [-0.39, 0.29) is 33.8 Å². The number of nitrogens with zero attached hydrogens (tertiary/aromatic N) is 3. The van der Waals surface area contributed by atoms with Crippen LogP contribution in [0.5, 0.6) is 5.88 Å². The second-order valence-corrected chi connectivity index (χ2v) is 7.92. The molecule has 4 rings (SSSR count). The first-order chi connectivity index (χ1) is 15.6. The van der Waals surface area contributed by atoms with E-state index >= 15 is 0 Å². The lowest BCUT2D eigenvalue weighted by molar-refractivity contribution is -0.0328. The Kier molecular flexibility index (Phi) is 5.87. The standard InChI is InChI=1S/C21H15F3N4O4S/c22-21(23,24)33-14-5-3-13(4-6-14)28-17(29)11-27(20(28)31)19(25)12-7-8-26-15(10-12)18(30)16-2-1-9-32-16/h1-11,19,29H,25H2. The van der Waals surface area contributed by atoms with Crippen LogP contribution in [-0.2, 0) is 0 Å². The Morgan fingerprint density at radius 2 is 1.91 bits per heavy atom. The molecule has 0 spiro atoms. The van der Waals surface area contributed by atoms with Gasteiger partial charge in [-0.15, -0.1) is 0 Å². The summed E-state index contributed by atoms with van der Waals surface area (Å²) in [5.74, 6) is -0.854. The van der Waals surface area contributed by atoms with E-state index in [1.807, 2.05) is 0 Å². The first kappa shape index (κ1) is 22.4. The number of pyridine rings is 1. The van der Waals surface area contributed by atoms with Crippen molar-refractivity contribution < 1.29 is 27.5 Å². The topological polar surface area (TPSA) is 116 Å². The molecule has 1 atom stereocenters. The van der Waals surface area contributed by atoms with Crippen molar-refractivity contribution in [1.29, 1.82) is 0 Å². The van der Waals surface area contributed by atoms with Crippen LogP contribution in [0, 0.1) is 0 Å². The Morgan fingerprint density at radius 3 is 2.55 bits per heavy atom. The average Bonchev–Trinajstić information content (AvgIpc) is 3.41. The molecule has 8 nitrogen and oxygen atoms in total. The van der Waals surface area contributed by atoms with Crippen molar-refractivity contribution in [3.8, 4) is 11.6 Å². The molecule has 0 radical (unpaired) electrons. The number of thioether (sulfide) groups is 1. The van der Waals surface area contributed by atoms with Crippen LogP contribution in [0.25, 0.3) is 5.69 Å². The van der Waals surface area contributed by atoms with Gasteiger partial charge < -0.3 is 15.3 Å². The highest BCUT2D eigenvalue weighted by Crippen LogP contribution is 2.37. The van der Waals surface area contributed by atoms with Gasteiger partial charge in [-0.1, -0.05) is 0 Å². The Balaban J connectivity index is 1.64. The zero-order chi connectivity index (χ0) is 23.8.